The van der Waals surface area contributed by atoms with Crippen molar-refractivity contribution < 1.29 is 13.2 Å². The molecule has 6 heteroatoms. The lowest BCUT2D eigenvalue weighted by Crippen LogP contribution is -2.19. The monoisotopic (exact) mass is 411 g/mol. The van der Waals surface area contributed by atoms with E-state index in [-0.39, 0.29) is 10.7 Å². The number of sulfonamides is 1. The first-order valence-electron chi connectivity index (χ1n) is 8.85. The number of carbonyl (C=O) groups is 1. The molecule has 1 aliphatic heterocycles. The van der Waals surface area contributed by atoms with Crippen LogP contribution in [0.1, 0.15) is 27.5 Å². The Bertz CT molecular complexity index is 1130. The molecule has 4 rings (SSSR count). The average molecular weight is 412 g/mol. The largest absolute Gasteiger partial charge is 0.292 e. The molecule has 0 bridgehead atoms. The van der Waals surface area contributed by atoms with Gasteiger partial charge in [-0.1, -0.05) is 77.8 Å². The minimum atomic E-state index is -3.84. The highest BCUT2D eigenvalue weighted by molar-refractivity contribution is 7.89. The number of rotatable bonds is 5. The van der Waals surface area contributed by atoms with E-state index in [1.165, 1.54) is 4.31 Å². The predicted octanol–water partition coefficient (Wildman–Crippen LogP) is 4.65. The van der Waals surface area contributed by atoms with Crippen molar-refractivity contribution in [2.75, 3.05) is 0 Å². The number of benzene rings is 3. The van der Waals surface area contributed by atoms with Gasteiger partial charge < -0.3 is 0 Å². The van der Waals surface area contributed by atoms with Crippen molar-refractivity contribution in [3.05, 3.63) is 101 Å². The summed E-state index contributed by atoms with van der Waals surface area (Å²) in [5.74, 6) is -0.235. The second kappa shape index (κ2) is 7.17. The predicted molar refractivity (Wildman–Crippen MR) is 109 cm³/mol. The van der Waals surface area contributed by atoms with Gasteiger partial charge in [-0.25, -0.2) is 8.42 Å². The fourth-order valence-electron chi connectivity index (χ4n) is 3.40. The second-order valence-electron chi connectivity index (χ2n) is 6.79. The molecule has 0 spiro atoms. The van der Waals surface area contributed by atoms with E-state index >= 15 is 0 Å². The molecule has 142 valence electrons. The van der Waals surface area contributed by atoms with Gasteiger partial charge in [0.25, 0.3) is 0 Å². The molecule has 3 aromatic rings. The van der Waals surface area contributed by atoms with E-state index in [4.69, 9.17) is 11.6 Å². The summed E-state index contributed by atoms with van der Waals surface area (Å²) >= 11 is 6.32. The molecule has 1 heterocycles. The zero-order valence-corrected chi connectivity index (χ0v) is 16.7. The summed E-state index contributed by atoms with van der Waals surface area (Å²) in [6.45, 7) is 1.89. The number of nitrogens with zero attached hydrogens (tertiary/aromatic N) is 1. The van der Waals surface area contributed by atoms with Gasteiger partial charge in [0.05, 0.1) is 10.9 Å². The molecular formula is C22H18ClNO3S. The van der Waals surface area contributed by atoms with Crippen molar-refractivity contribution in [1.82, 2.24) is 4.31 Å². The second-order valence-corrected chi connectivity index (χ2v) is 9.04. The molecule has 0 aliphatic carbocycles. The number of carbonyl (C=O) groups excluding carboxylic acids is 1. The first-order chi connectivity index (χ1) is 13.4. The normalized spacial score (nSPS) is 21.3. The highest BCUT2D eigenvalue weighted by Gasteiger charge is 2.60. The van der Waals surface area contributed by atoms with E-state index in [9.17, 15) is 13.2 Å². The maximum Gasteiger partial charge on any atom is 0.244 e. The van der Waals surface area contributed by atoms with Crippen LogP contribution in [0.5, 0.6) is 0 Å². The minimum absolute atomic E-state index is 0.165. The van der Waals surface area contributed by atoms with Crippen molar-refractivity contribution in [3.8, 4) is 0 Å². The quantitative estimate of drug-likeness (QED) is 0.453. The van der Waals surface area contributed by atoms with Crippen molar-refractivity contribution >= 4 is 27.4 Å². The standard InChI is InChI=1S/C22H18ClNO3S/c1-15-11-13-17(14-12-15)28(26,27)24-20(18-9-5-6-10-19(18)23)21(24)22(25)16-7-3-2-4-8-16/h2-14,20-21H,1H3/t20-,21-,24?/m0/s1. The lowest BCUT2D eigenvalue weighted by Gasteiger charge is -2.08. The van der Waals surface area contributed by atoms with Crippen LogP contribution in [0, 0.1) is 6.92 Å². The van der Waals surface area contributed by atoms with Crippen LogP contribution in [0.15, 0.2) is 83.8 Å². The summed E-state index contributed by atoms with van der Waals surface area (Å²) in [5, 5.41) is 0.444. The number of hydrogen-bond donors (Lipinski definition) is 0. The maximum atomic E-state index is 13.3. The summed E-state index contributed by atoms with van der Waals surface area (Å²) < 4.78 is 27.8. The Kier molecular flexibility index (Phi) is 4.83. The van der Waals surface area contributed by atoms with Crippen molar-refractivity contribution in [2.24, 2.45) is 0 Å². The Morgan fingerprint density at radius 1 is 0.893 bits per heavy atom. The van der Waals surface area contributed by atoms with Crippen LogP contribution < -0.4 is 0 Å². The third-order valence-corrected chi connectivity index (χ3v) is 7.13. The van der Waals surface area contributed by atoms with Crippen LogP contribution in [0.25, 0.3) is 0 Å². The summed E-state index contributed by atoms with van der Waals surface area (Å²) in [4.78, 5) is 13.3. The van der Waals surface area contributed by atoms with Crippen LogP contribution in [0.3, 0.4) is 0 Å². The SMILES string of the molecule is Cc1ccc(S(=O)(=O)N2[C@H](C(=O)c3ccccc3)[C@@H]2c2ccccc2Cl)cc1. The molecule has 4 nitrogen and oxygen atoms in total. The summed E-state index contributed by atoms with van der Waals surface area (Å²) in [6, 6.07) is 21.0. The summed E-state index contributed by atoms with van der Waals surface area (Å²) in [6.07, 6.45) is 0. The van der Waals surface area contributed by atoms with E-state index in [0.29, 0.717) is 16.1 Å². The molecule has 0 N–H and O–H groups in total. The van der Waals surface area contributed by atoms with Gasteiger partial charge >= 0.3 is 0 Å². The fraction of sp³-hybridized carbons (Fsp3) is 0.136. The third kappa shape index (κ3) is 3.26. The number of ketones is 1. The summed E-state index contributed by atoms with van der Waals surface area (Å²) in [7, 11) is -3.84. The van der Waals surface area contributed by atoms with Crippen LogP contribution >= 0.6 is 11.6 Å². The fourth-order valence-corrected chi connectivity index (χ4v) is 5.35. The van der Waals surface area contributed by atoms with E-state index in [1.807, 2.05) is 13.0 Å². The topological polar surface area (TPSA) is 54.2 Å². The number of aryl methyl sites for hydroxylation is 1. The van der Waals surface area contributed by atoms with Gasteiger partial charge in [-0.2, -0.15) is 4.31 Å². The van der Waals surface area contributed by atoms with E-state index in [0.717, 1.165) is 5.56 Å². The minimum Gasteiger partial charge on any atom is -0.292 e. The first-order valence-corrected chi connectivity index (χ1v) is 10.7. The lowest BCUT2D eigenvalue weighted by molar-refractivity contribution is 0.0981. The highest BCUT2D eigenvalue weighted by Crippen LogP contribution is 2.50. The van der Waals surface area contributed by atoms with Crippen LogP contribution in [0.2, 0.25) is 5.02 Å². The maximum absolute atomic E-state index is 13.3. The van der Waals surface area contributed by atoms with E-state index < -0.39 is 22.1 Å². The Hall–Kier alpha value is -2.47. The lowest BCUT2D eigenvalue weighted by atomic mass is 10.0. The zero-order valence-electron chi connectivity index (χ0n) is 15.1. The Balaban J connectivity index is 1.78. The molecule has 1 unspecified atom stereocenters. The molecule has 1 fully saturated rings. The van der Waals surface area contributed by atoms with Gasteiger partial charge in [0.15, 0.2) is 5.78 Å². The molecule has 28 heavy (non-hydrogen) atoms. The Morgan fingerprint density at radius 3 is 2.14 bits per heavy atom. The number of hydrogen-bond acceptors (Lipinski definition) is 3. The molecular weight excluding hydrogens is 394 g/mol. The summed E-state index contributed by atoms with van der Waals surface area (Å²) in [5.41, 5.74) is 2.07. The number of Topliss-reactive ketones (excluding diaryl/α,β-unsaturated/α-hetero) is 1. The van der Waals surface area contributed by atoms with Crippen molar-refractivity contribution in [3.63, 3.8) is 0 Å². The van der Waals surface area contributed by atoms with Gasteiger partial charge in [-0.05, 0) is 30.7 Å². The Morgan fingerprint density at radius 2 is 1.50 bits per heavy atom. The van der Waals surface area contributed by atoms with Gasteiger partial charge in [0.1, 0.15) is 6.04 Å². The molecule has 0 radical (unpaired) electrons. The van der Waals surface area contributed by atoms with E-state index in [2.05, 4.69) is 0 Å². The van der Waals surface area contributed by atoms with E-state index in [1.54, 1.807) is 72.8 Å². The molecule has 3 aromatic carbocycles. The van der Waals surface area contributed by atoms with Gasteiger partial charge in [0.2, 0.25) is 10.0 Å². The molecule has 1 saturated heterocycles. The van der Waals surface area contributed by atoms with Crippen LogP contribution in [0.4, 0.5) is 0 Å². The third-order valence-electron chi connectivity index (χ3n) is 4.90. The van der Waals surface area contributed by atoms with Gasteiger partial charge in [-0.3, -0.25) is 4.79 Å². The van der Waals surface area contributed by atoms with Crippen molar-refractivity contribution in [2.45, 2.75) is 23.9 Å². The molecule has 0 amide bonds. The zero-order chi connectivity index (χ0) is 19.9. The smallest absolute Gasteiger partial charge is 0.244 e. The first kappa shape index (κ1) is 18.9. The average Bonchev–Trinajstić information content (AvgIpc) is 3.45. The van der Waals surface area contributed by atoms with Crippen LogP contribution in [-0.4, -0.2) is 24.5 Å². The molecule has 0 aromatic heterocycles. The van der Waals surface area contributed by atoms with Gasteiger partial charge in [0, 0.05) is 10.6 Å². The molecule has 0 saturated carbocycles. The Labute approximate surface area is 169 Å². The van der Waals surface area contributed by atoms with Crippen molar-refractivity contribution in [1.29, 1.82) is 0 Å². The van der Waals surface area contributed by atoms with Crippen LogP contribution in [-0.2, 0) is 10.0 Å². The highest BCUT2D eigenvalue weighted by atomic mass is 35.5. The number of halogens is 1. The molecule has 1 aliphatic rings. The van der Waals surface area contributed by atoms with Gasteiger partial charge in [-0.15, -0.1) is 0 Å². The molecule has 3 atom stereocenters.